The Morgan fingerprint density at radius 1 is 1.22 bits per heavy atom. The Morgan fingerprint density at radius 3 is 2.48 bits per heavy atom. The maximum absolute atomic E-state index is 13.1. The number of aliphatic hydroxyl groups is 1. The zero-order valence-corrected chi connectivity index (χ0v) is 13.6. The van der Waals surface area contributed by atoms with E-state index in [0.29, 0.717) is 18.9 Å². The van der Waals surface area contributed by atoms with Gasteiger partial charge in [-0.1, -0.05) is 12.1 Å². The minimum absolute atomic E-state index is 0.275. The van der Waals surface area contributed by atoms with Gasteiger partial charge in [0.1, 0.15) is 18.0 Å². The highest BCUT2D eigenvalue weighted by Crippen LogP contribution is 2.33. The van der Waals surface area contributed by atoms with Crippen LogP contribution in [0.1, 0.15) is 44.1 Å². The molecule has 1 aliphatic rings. The van der Waals surface area contributed by atoms with Crippen molar-refractivity contribution >= 4 is 0 Å². The summed E-state index contributed by atoms with van der Waals surface area (Å²) in [5.74, 6) is 0.676. The normalized spacial score (nSPS) is 18.5. The molecule has 2 heterocycles. The summed E-state index contributed by atoms with van der Waals surface area (Å²) in [7, 11) is 0. The summed E-state index contributed by atoms with van der Waals surface area (Å²) in [6.45, 7) is 6.50. The van der Waals surface area contributed by atoms with Crippen LogP contribution in [0.4, 0.5) is 4.39 Å². The van der Waals surface area contributed by atoms with Crippen LogP contribution in [0.15, 0.2) is 30.6 Å². The fraction of sp³-hybridized carbons (Fsp3) is 0.529. The van der Waals surface area contributed by atoms with E-state index >= 15 is 0 Å². The van der Waals surface area contributed by atoms with Crippen molar-refractivity contribution in [3.05, 3.63) is 47.8 Å². The summed E-state index contributed by atoms with van der Waals surface area (Å²) in [6.07, 6.45) is 3.03. The van der Waals surface area contributed by atoms with Gasteiger partial charge in [0.15, 0.2) is 0 Å². The zero-order valence-electron chi connectivity index (χ0n) is 13.6. The Hall–Kier alpha value is -1.79. The van der Waals surface area contributed by atoms with Gasteiger partial charge in [0, 0.05) is 19.1 Å². The largest absolute Gasteiger partial charge is 0.385 e. The Labute approximate surface area is 135 Å². The van der Waals surface area contributed by atoms with Gasteiger partial charge in [-0.25, -0.2) is 4.39 Å². The molecule has 1 N–H and O–H groups in total. The van der Waals surface area contributed by atoms with E-state index in [0.717, 1.165) is 31.0 Å². The van der Waals surface area contributed by atoms with Crippen LogP contribution in [-0.2, 0) is 12.1 Å². The molecule has 0 aliphatic carbocycles. The van der Waals surface area contributed by atoms with E-state index < -0.39 is 5.60 Å². The number of hydrogen-bond acceptors (Lipinski definition) is 4. The van der Waals surface area contributed by atoms with Gasteiger partial charge in [0.2, 0.25) is 0 Å². The number of likely N-dealkylation sites (tertiary alicyclic amines) is 1. The second kappa shape index (κ2) is 6.37. The van der Waals surface area contributed by atoms with Crippen LogP contribution in [0.25, 0.3) is 0 Å². The van der Waals surface area contributed by atoms with Crippen molar-refractivity contribution in [2.45, 2.75) is 44.9 Å². The molecule has 5 nitrogen and oxygen atoms in total. The van der Waals surface area contributed by atoms with Crippen LogP contribution in [0.5, 0.6) is 0 Å². The van der Waals surface area contributed by atoms with Gasteiger partial charge in [-0.2, -0.15) is 0 Å². The number of hydrogen-bond donors (Lipinski definition) is 1. The monoisotopic (exact) mass is 318 g/mol. The van der Waals surface area contributed by atoms with Crippen LogP contribution in [0.3, 0.4) is 0 Å². The molecular formula is C17H23FN4O. The molecular weight excluding hydrogens is 295 g/mol. The molecule has 0 amide bonds. The highest BCUT2D eigenvalue weighted by Gasteiger charge is 2.34. The first-order valence-electron chi connectivity index (χ1n) is 8.07. The average molecular weight is 318 g/mol. The van der Waals surface area contributed by atoms with Gasteiger partial charge in [-0.3, -0.25) is 4.90 Å². The van der Waals surface area contributed by atoms with Crippen LogP contribution >= 0.6 is 0 Å². The first-order chi connectivity index (χ1) is 11.0. The highest BCUT2D eigenvalue weighted by atomic mass is 19.1. The van der Waals surface area contributed by atoms with Crippen LogP contribution in [-0.4, -0.2) is 37.9 Å². The van der Waals surface area contributed by atoms with Crippen molar-refractivity contribution in [1.82, 2.24) is 19.7 Å². The van der Waals surface area contributed by atoms with Crippen molar-refractivity contribution in [2.24, 2.45) is 0 Å². The van der Waals surface area contributed by atoms with Crippen molar-refractivity contribution in [1.29, 1.82) is 0 Å². The smallest absolute Gasteiger partial charge is 0.147 e. The number of nitrogens with zero attached hydrogens (tertiary/aromatic N) is 4. The predicted octanol–water partition coefficient (Wildman–Crippen LogP) is 2.48. The highest BCUT2D eigenvalue weighted by molar-refractivity contribution is 5.23. The van der Waals surface area contributed by atoms with Crippen molar-refractivity contribution < 1.29 is 9.50 Å². The molecule has 1 saturated heterocycles. The predicted molar refractivity (Wildman–Crippen MR) is 85.2 cm³/mol. The minimum Gasteiger partial charge on any atom is -0.385 e. The first-order valence-corrected chi connectivity index (χ1v) is 8.07. The van der Waals surface area contributed by atoms with Gasteiger partial charge >= 0.3 is 0 Å². The third-order valence-corrected chi connectivity index (χ3v) is 4.63. The lowest BCUT2D eigenvalue weighted by atomic mass is 9.84. The fourth-order valence-corrected chi connectivity index (χ4v) is 3.14. The lowest BCUT2D eigenvalue weighted by molar-refractivity contribution is -0.0285. The topological polar surface area (TPSA) is 54.2 Å². The summed E-state index contributed by atoms with van der Waals surface area (Å²) in [5, 5.41) is 19.0. The third-order valence-electron chi connectivity index (χ3n) is 4.63. The summed E-state index contributed by atoms with van der Waals surface area (Å²) in [4.78, 5) is 2.28. The Balaban J connectivity index is 1.64. The van der Waals surface area contributed by atoms with Crippen molar-refractivity contribution in [3.8, 4) is 0 Å². The molecule has 0 unspecified atom stereocenters. The first kappa shape index (κ1) is 16.1. The number of piperidine rings is 1. The molecule has 1 fully saturated rings. The lowest BCUT2D eigenvalue weighted by Crippen LogP contribution is -2.42. The van der Waals surface area contributed by atoms with E-state index in [4.69, 9.17) is 0 Å². The van der Waals surface area contributed by atoms with E-state index in [-0.39, 0.29) is 5.82 Å². The molecule has 124 valence electrons. The number of benzene rings is 1. The van der Waals surface area contributed by atoms with E-state index in [2.05, 4.69) is 33.5 Å². The Bertz CT molecular complexity index is 645. The zero-order chi connectivity index (χ0) is 16.4. The fourth-order valence-electron chi connectivity index (χ4n) is 3.14. The van der Waals surface area contributed by atoms with Crippen LogP contribution in [0.2, 0.25) is 0 Å². The van der Waals surface area contributed by atoms with E-state index in [1.165, 1.54) is 12.1 Å². The Morgan fingerprint density at radius 2 is 1.87 bits per heavy atom. The van der Waals surface area contributed by atoms with Crippen molar-refractivity contribution in [3.63, 3.8) is 0 Å². The molecule has 0 bridgehead atoms. The van der Waals surface area contributed by atoms with E-state index in [9.17, 15) is 9.50 Å². The molecule has 0 saturated carbocycles. The van der Waals surface area contributed by atoms with Crippen LogP contribution < -0.4 is 0 Å². The summed E-state index contributed by atoms with van der Waals surface area (Å²) in [5.41, 5.74) is -0.0699. The van der Waals surface area contributed by atoms with Gasteiger partial charge in [-0.15, -0.1) is 10.2 Å². The summed E-state index contributed by atoms with van der Waals surface area (Å²) >= 11 is 0. The van der Waals surface area contributed by atoms with Gasteiger partial charge in [0.25, 0.3) is 0 Å². The van der Waals surface area contributed by atoms with Gasteiger partial charge in [0.05, 0.1) is 12.1 Å². The molecule has 6 heteroatoms. The number of rotatable bonds is 4. The second-order valence-corrected chi connectivity index (χ2v) is 6.56. The maximum Gasteiger partial charge on any atom is 0.147 e. The molecule has 23 heavy (non-hydrogen) atoms. The second-order valence-electron chi connectivity index (χ2n) is 6.56. The maximum atomic E-state index is 13.1. The molecule has 0 radical (unpaired) electrons. The SMILES string of the molecule is CC(C)n1cnnc1CN1CCC(O)(c2ccc(F)cc2)CC1. The van der Waals surface area contributed by atoms with Gasteiger partial charge < -0.3 is 9.67 Å². The molecule has 1 aromatic heterocycles. The lowest BCUT2D eigenvalue weighted by Gasteiger charge is -2.38. The number of aromatic nitrogens is 3. The molecule has 1 aromatic carbocycles. The van der Waals surface area contributed by atoms with Crippen molar-refractivity contribution in [2.75, 3.05) is 13.1 Å². The molecule has 1 aliphatic heterocycles. The van der Waals surface area contributed by atoms with Crippen LogP contribution in [0, 0.1) is 5.82 Å². The quantitative estimate of drug-likeness (QED) is 0.941. The molecule has 3 rings (SSSR count). The summed E-state index contributed by atoms with van der Waals surface area (Å²) in [6, 6.07) is 6.51. The third kappa shape index (κ3) is 3.43. The Kier molecular flexibility index (Phi) is 4.46. The summed E-state index contributed by atoms with van der Waals surface area (Å²) < 4.78 is 15.1. The van der Waals surface area contributed by atoms with E-state index in [1.54, 1.807) is 18.5 Å². The number of halogens is 1. The van der Waals surface area contributed by atoms with E-state index in [1.807, 2.05) is 0 Å². The van der Waals surface area contributed by atoms with Gasteiger partial charge in [-0.05, 0) is 44.4 Å². The molecule has 2 aromatic rings. The average Bonchev–Trinajstić information content (AvgIpc) is 2.99. The minimum atomic E-state index is -0.865. The standard InChI is InChI=1S/C17H23FN4O/c1-13(2)22-12-19-20-16(22)11-21-9-7-17(23,8-10-21)14-3-5-15(18)6-4-14/h3-6,12-13,23H,7-11H2,1-2H3. The molecule has 0 spiro atoms. The molecule has 0 atom stereocenters.